The monoisotopic (exact) mass is 195 g/mol. The molecule has 1 N–H and O–H groups in total. The van der Waals surface area contributed by atoms with Gasteiger partial charge in [0.2, 0.25) is 0 Å². The Morgan fingerprint density at radius 2 is 2.21 bits per heavy atom. The summed E-state index contributed by atoms with van der Waals surface area (Å²) in [4.78, 5) is 0. The summed E-state index contributed by atoms with van der Waals surface area (Å²) in [5, 5.41) is 3.16. The molecule has 1 saturated heterocycles. The highest BCUT2D eigenvalue weighted by molar-refractivity contribution is 5.45. The smallest absolute Gasteiger partial charge is 0.146 e. The molecule has 1 aliphatic rings. The molecule has 0 spiro atoms. The maximum absolute atomic E-state index is 13.3. The fourth-order valence-corrected chi connectivity index (χ4v) is 1.70. The lowest BCUT2D eigenvalue weighted by Crippen LogP contribution is -2.27. The van der Waals surface area contributed by atoms with Crippen LogP contribution in [0.2, 0.25) is 0 Å². The molecule has 2 atom stereocenters. The second-order valence-corrected chi connectivity index (χ2v) is 3.60. The molecular weight excluding hydrogens is 181 g/mol. The van der Waals surface area contributed by atoms with Gasteiger partial charge in [-0.05, 0) is 25.5 Å². The van der Waals surface area contributed by atoms with Crippen LogP contribution in [0, 0.1) is 5.82 Å². The van der Waals surface area contributed by atoms with Crippen LogP contribution in [0.5, 0.6) is 0 Å². The Morgan fingerprint density at radius 1 is 1.43 bits per heavy atom. The number of nitrogens with one attached hydrogen (secondary N) is 1. The van der Waals surface area contributed by atoms with E-state index in [1.165, 1.54) is 6.07 Å². The van der Waals surface area contributed by atoms with E-state index < -0.39 is 0 Å². The van der Waals surface area contributed by atoms with E-state index in [0.29, 0.717) is 5.69 Å². The number of benzene rings is 1. The number of halogens is 1. The molecule has 0 aromatic heterocycles. The van der Waals surface area contributed by atoms with Crippen LogP contribution >= 0.6 is 0 Å². The SMILES string of the molecule is C[C@@H]1OCC[C@@H]1Nc1ccccc1F. The summed E-state index contributed by atoms with van der Waals surface area (Å²) >= 11 is 0. The predicted octanol–water partition coefficient (Wildman–Crippen LogP) is 2.42. The van der Waals surface area contributed by atoms with Gasteiger partial charge in [-0.1, -0.05) is 12.1 Å². The first kappa shape index (κ1) is 9.46. The molecule has 0 unspecified atom stereocenters. The van der Waals surface area contributed by atoms with Gasteiger partial charge in [-0.3, -0.25) is 0 Å². The van der Waals surface area contributed by atoms with Crippen molar-refractivity contribution in [3.63, 3.8) is 0 Å². The normalized spacial score (nSPS) is 26.4. The molecule has 0 saturated carbocycles. The summed E-state index contributed by atoms with van der Waals surface area (Å²) in [7, 11) is 0. The molecule has 2 rings (SSSR count). The first-order valence-corrected chi connectivity index (χ1v) is 4.90. The van der Waals surface area contributed by atoms with Gasteiger partial charge in [0, 0.05) is 6.61 Å². The molecule has 0 bridgehead atoms. The Kier molecular flexibility index (Phi) is 2.68. The van der Waals surface area contributed by atoms with Gasteiger partial charge in [-0.2, -0.15) is 0 Å². The van der Waals surface area contributed by atoms with Gasteiger partial charge in [-0.15, -0.1) is 0 Å². The molecule has 14 heavy (non-hydrogen) atoms. The lowest BCUT2D eigenvalue weighted by atomic mass is 10.1. The van der Waals surface area contributed by atoms with Crippen molar-refractivity contribution >= 4 is 5.69 Å². The minimum Gasteiger partial charge on any atom is -0.377 e. The highest BCUT2D eigenvalue weighted by Gasteiger charge is 2.24. The van der Waals surface area contributed by atoms with E-state index in [9.17, 15) is 4.39 Å². The lowest BCUT2D eigenvalue weighted by molar-refractivity contribution is 0.121. The predicted molar refractivity (Wildman–Crippen MR) is 53.8 cm³/mol. The van der Waals surface area contributed by atoms with Crippen molar-refractivity contribution in [2.75, 3.05) is 11.9 Å². The third-order valence-corrected chi connectivity index (χ3v) is 2.59. The molecule has 1 fully saturated rings. The second-order valence-electron chi connectivity index (χ2n) is 3.60. The topological polar surface area (TPSA) is 21.3 Å². The van der Waals surface area contributed by atoms with Crippen molar-refractivity contribution in [1.82, 2.24) is 0 Å². The van der Waals surface area contributed by atoms with Crippen LogP contribution in [0.25, 0.3) is 0 Å². The Morgan fingerprint density at radius 3 is 2.86 bits per heavy atom. The third-order valence-electron chi connectivity index (χ3n) is 2.59. The molecule has 0 amide bonds. The van der Waals surface area contributed by atoms with Crippen LogP contribution in [0.3, 0.4) is 0 Å². The van der Waals surface area contributed by atoms with Gasteiger partial charge >= 0.3 is 0 Å². The number of para-hydroxylation sites is 1. The fourth-order valence-electron chi connectivity index (χ4n) is 1.70. The highest BCUT2D eigenvalue weighted by atomic mass is 19.1. The van der Waals surface area contributed by atoms with Crippen molar-refractivity contribution in [1.29, 1.82) is 0 Å². The van der Waals surface area contributed by atoms with Gasteiger partial charge < -0.3 is 10.1 Å². The fraction of sp³-hybridized carbons (Fsp3) is 0.455. The molecule has 1 aromatic rings. The molecule has 2 nitrogen and oxygen atoms in total. The summed E-state index contributed by atoms with van der Waals surface area (Å²) in [6.07, 6.45) is 1.10. The van der Waals surface area contributed by atoms with Crippen LogP contribution in [0.15, 0.2) is 24.3 Å². The van der Waals surface area contributed by atoms with E-state index in [2.05, 4.69) is 5.32 Å². The van der Waals surface area contributed by atoms with Crippen molar-refractivity contribution in [3.8, 4) is 0 Å². The van der Waals surface area contributed by atoms with Gasteiger partial charge in [-0.25, -0.2) is 4.39 Å². The van der Waals surface area contributed by atoms with Crippen LogP contribution < -0.4 is 5.32 Å². The highest BCUT2D eigenvalue weighted by Crippen LogP contribution is 2.20. The minimum absolute atomic E-state index is 0.162. The average Bonchev–Trinajstić information content (AvgIpc) is 2.56. The number of hydrogen-bond donors (Lipinski definition) is 1. The van der Waals surface area contributed by atoms with Crippen LogP contribution in [-0.2, 0) is 4.74 Å². The van der Waals surface area contributed by atoms with E-state index in [0.717, 1.165) is 13.0 Å². The summed E-state index contributed by atoms with van der Waals surface area (Å²) in [5.74, 6) is -0.202. The van der Waals surface area contributed by atoms with Crippen LogP contribution in [0.1, 0.15) is 13.3 Å². The van der Waals surface area contributed by atoms with Crippen molar-refractivity contribution < 1.29 is 9.13 Å². The molecular formula is C11H14FNO. The zero-order valence-corrected chi connectivity index (χ0v) is 8.16. The van der Waals surface area contributed by atoms with Gasteiger partial charge in [0.05, 0.1) is 17.8 Å². The Hall–Kier alpha value is -1.09. The minimum atomic E-state index is -0.202. The van der Waals surface area contributed by atoms with E-state index in [-0.39, 0.29) is 18.0 Å². The van der Waals surface area contributed by atoms with E-state index in [4.69, 9.17) is 4.74 Å². The molecule has 1 heterocycles. The van der Waals surface area contributed by atoms with Gasteiger partial charge in [0.1, 0.15) is 5.82 Å². The van der Waals surface area contributed by atoms with Gasteiger partial charge in [0.25, 0.3) is 0 Å². The number of hydrogen-bond acceptors (Lipinski definition) is 2. The van der Waals surface area contributed by atoms with E-state index in [1.807, 2.05) is 13.0 Å². The maximum Gasteiger partial charge on any atom is 0.146 e. The standard InChI is InChI=1S/C11H14FNO/c1-8-10(6-7-14-8)13-11-5-3-2-4-9(11)12/h2-5,8,10,13H,6-7H2,1H3/t8-,10-/m0/s1. The summed E-state index contributed by atoms with van der Waals surface area (Å²) in [5.41, 5.74) is 0.565. The zero-order chi connectivity index (χ0) is 9.97. The molecule has 0 radical (unpaired) electrons. The van der Waals surface area contributed by atoms with Crippen LogP contribution in [0.4, 0.5) is 10.1 Å². The van der Waals surface area contributed by atoms with Gasteiger partial charge in [0.15, 0.2) is 0 Å². The van der Waals surface area contributed by atoms with Crippen molar-refractivity contribution in [3.05, 3.63) is 30.1 Å². The second kappa shape index (κ2) is 3.96. The van der Waals surface area contributed by atoms with E-state index >= 15 is 0 Å². The number of anilines is 1. The first-order chi connectivity index (χ1) is 6.77. The third kappa shape index (κ3) is 1.87. The van der Waals surface area contributed by atoms with E-state index in [1.54, 1.807) is 12.1 Å². The molecule has 3 heteroatoms. The molecule has 1 aliphatic heterocycles. The van der Waals surface area contributed by atoms with Crippen LogP contribution in [-0.4, -0.2) is 18.8 Å². The molecule has 1 aromatic carbocycles. The average molecular weight is 195 g/mol. The first-order valence-electron chi connectivity index (χ1n) is 4.90. The lowest BCUT2D eigenvalue weighted by Gasteiger charge is -2.17. The number of ether oxygens (including phenoxy) is 1. The quantitative estimate of drug-likeness (QED) is 0.782. The Labute approximate surface area is 83.1 Å². The molecule has 0 aliphatic carbocycles. The zero-order valence-electron chi connectivity index (χ0n) is 8.16. The summed E-state index contributed by atoms with van der Waals surface area (Å²) < 4.78 is 18.7. The van der Waals surface area contributed by atoms with Crippen molar-refractivity contribution in [2.45, 2.75) is 25.5 Å². The van der Waals surface area contributed by atoms with Crippen molar-refractivity contribution in [2.24, 2.45) is 0 Å². The maximum atomic E-state index is 13.3. The molecule has 76 valence electrons. The Bertz CT molecular complexity index is 316. The summed E-state index contributed by atoms with van der Waals surface area (Å²) in [6, 6.07) is 6.95. The Balaban J connectivity index is 2.07. The summed E-state index contributed by atoms with van der Waals surface area (Å²) in [6.45, 7) is 2.76. The number of rotatable bonds is 2. The largest absolute Gasteiger partial charge is 0.377 e.